The molecule has 1 heterocycles. The molecule has 92 valence electrons. The van der Waals surface area contributed by atoms with Crippen molar-refractivity contribution in [2.45, 2.75) is 6.92 Å². The molecule has 1 aromatic carbocycles. The van der Waals surface area contributed by atoms with Crippen LogP contribution in [0.5, 0.6) is 0 Å². The Morgan fingerprint density at radius 3 is 2.83 bits per heavy atom. The number of amides is 1. The summed E-state index contributed by atoms with van der Waals surface area (Å²) in [4.78, 5) is 15.8. The summed E-state index contributed by atoms with van der Waals surface area (Å²) in [5.74, 6) is -0.317. The second-order valence-corrected chi connectivity index (χ2v) is 4.26. The molecule has 0 fully saturated rings. The highest BCUT2D eigenvalue weighted by Crippen LogP contribution is 2.27. The van der Waals surface area contributed by atoms with Crippen LogP contribution in [0, 0.1) is 6.92 Å². The van der Waals surface area contributed by atoms with Gasteiger partial charge in [-0.25, -0.2) is 0 Å². The van der Waals surface area contributed by atoms with Crippen LogP contribution in [0.15, 0.2) is 36.5 Å². The number of benzene rings is 1. The van der Waals surface area contributed by atoms with Crippen LogP contribution in [-0.4, -0.2) is 10.9 Å². The number of aromatic nitrogens is 1. The maximum Gasteiger partial charge on any atom is 0.274 e. The van der Waals surface area contributed by atoms with E-state index >= 15 is 0 Å². The minimum atomic E-state index is -0.317. The lowest BCUT2D eigenvalue weighted by molar-refractivity contribution is 0.102. The minimum Gasteiger partial charge on any atom is -0.397 e. The third-order valence-electron chi connectivity index (χ3n) is 2.48. The van der Waals surface area contributed by atoms with Gasteiger partial charge in [0.2, 0.25) is 0 Å². The Balaban J connectivity index is 2.25. The van der Waals surface area contributed by atoms with Gasteiger partial charge in [0, 0.05) is 11.2 Å². The first kappa shape index (κ1) is 12.4. The van der Waals surface area contributed by atoms with Crippen molar-refractivity contribution in [2.24, 2.45) is 0 Å². The van der Waals surface area contributed by atoms with Crippen molar-refractivity contribution in [1.29, 1.82) is 0 Å². The molecule has 0 aliphatic heterocycles. The molecule has 0 spiro atoms. The maximum atomic E-state index is 11.9. The molecule has 0 aliphatic rings. The number of nitrogens with zero attached hydrogens (tertiary/aromatic N) is 1. The van der Waals surface area contributed by atoms with E-state index in [0.717, 1.165) is 5.56 Å². The van der Waals surface area contributed by atoms with Gasteiger partial charge in [-0.05, 0) is 36.8 Å². The third kappa shape index (κ3) is 2.60. The van der Waals surface area contributed by atoms with E-state index in [1.54, 1.807) is 36.5 Å². The second-order valence-electron chi connectivity index (χ2n) is 3.86. The highest BCUT2D eigenvalue weighted by molar-refractivity contribution is 6.32. The topological polar surface area (TPSA) is 68.0 Å². The van der Waals surface area contributed by atoms with E-state index < -0.39 is 0 Å². The fraction of sp³-hybridized carbons (Fsp3) is 0.0769. The van der Waals surface area contributed by atoms with Crippen molar-refractivity contribution in [3.05, 3.63) is 52.8 Å². The predicted molar refractivity (Wildman–Crippen MR) is 72.8 cm³/mol. The molecule has 0 saturated carbocycles. The van der Waals surface area contributed by atoms with Gasteiger partial charge >= 0.3 is 0 Å². The average molecular weight is 262 g/mol. The third-order valence-corrected chi connectivity index (χ3v) is 2.88. The molecule has 0 atom stereocenters. The number of anilines is 2. The van der Waals surface area contributed by atoms with Gasteiger partial charge in [0.25, 0.3) is 5.91 Å². The first-order valence-corrected chi connectivity index (χ1v) is 5.73. The number of aryl methyl sites for hydroxylation is 1. The predicted octanol–water partition coefficient (Wildman–Crippen LogP) is 2.88. The number of pyridine rings is 1. The largest absolute Gasteiger partial charge is 0.397 e. The molecular formula is C13H12ClN3O. The number of carbonyl (C=O) groups excluding carboxylic acids is 1. The first-order chi connectivity index (χ1) is 8.58. The van der Waals surface area contributed by atoms with Crippen LogP contribution >= 0.6 is 11.6 Å². The van der Waals surface area contributed by atoms with Crippen LogP contribution in [0.1, 0.15) is 16.1 Å². The number of hydrogen-bond acceptors (Lipinski definition) is 3. The van der Waals surface area contributed by atoms with Gasteiger partial charge in [-0.15, -0.1) is 0 Å². The Bertz CT molecular complexity index is 584. The molecule has 0 unspecified atom stereocenters. The van der Waals surface area contributed by atoms with Crippen LogP contribution in [0.25, 0.3) is 0 Å². The van der Waals surface area contributed by atoms with Gasteiger partial charge in [0.15, 0.2) is 0 Å². The van der Waals surface area contributed by atoms with E-state index in [2.05, 4.69) is 10.3 Å². The summed E-state index contributed by atoms with van der Waals surface area (Å²) in [6, 6.07) is 8.46. The summed E-state index contributed by atoms with van der Waals surface area (Å²) in [5, 5.41) is 3.24. The first-order valence-electron chi connectivity index (χ1n) is 5.36. The molecular weight excluding hydrogens is 250 g/mol. The smallest absolute Gasteiger partial charge is 0.274 e. The molecule has 0 bridgehead atoms. The van der Waals surface area contributed by atoms with Crippen molar-refractivity contribution < 1.29 is 4.79 Å². The minimum absolute atomic E-state index is 0.317. The summed E-state index contributed by atoms with van der Waals surface area (Å²) >= 11 is 5.99. The Labute approximate surface area is 110 Å². The Morgan fingerprint density at radius 2 is 2.17 bits per heavy atom. The van der Waals surface area contributed by atoms with Gasteiger partial charge < -0.3 is 11.1 Å². The number of nitrogens with two attached hydrogens (primary N) is 1. The SMILES string of the molecule is Cc1cc(N)c(NC(=O)c2ccccn2)cc1Cl. The molecule has 0 saturated heterocycles. The molecule has 3 N–H and O–H groups in total. The van der Waals surface area contributed by atoms with E-state index in [-0.39, 0.29) is 5.91 Å². The molecule has 4 nitrogen and oxygen atoms in total. The number of nitrogens with one attached hydrogen (secondary N) is 1. The summed E-state index contributed by atoms with van der Waals surface area (Å²) in [6.07, 6.45) is 1.56. The highest BCUT2D eigenvalue weighted by Gasteiger charge is 2.10. The van der Waals surface area contributed by atoms with Crippen LogP contribution in [0.3, 0.4) is 0 Å². The summed E-state index contributed by atoms with van der Waals surface area (Å²) in [5.41, 5.74) is 7.98. The van der Waals surface area contributed by atoms with E-state index in [1.165, 1.54) is 0 Å². The summed E-state index contributed by atoms with van der Waals surface area (Å²) in [7, 11) is 0. The lowest BCUT2D eigenvalue weighted by atomic mass is 10.2. The van der Waals surface area contributed by atoms with Crippen LogP contribution in [0.2, 0.25) is 5.02 Å². The van der Waals surface area contributed by atoms with E-state index in [0.29, 0.717) is 22.1 Å². The lowest BCUT2D eigenvalue weighted by Crippen LogP contribution is -2.14. The van der Waals surface area contributed by atoms with Crippen LogP contribution in [0.4, 0.5) is 11.4 Å². The normalized spacial score (nSPS) is 10.1. The maximum absolute atomic E-state index is 11.9. The number of halogens is 1. The quantitative estimate of drug-likeness (QED) is 0.817. The molecule has 2 aromatic rings. The fourth-order valence-corrected chi connectivity index (χ4v) is 1.66. The van der Waals surface area contributed by atoms with Gasteiger partial charge in [0.1, 0.15) is 5.69 Å². The van der Waals surface area contributed by atoms with Gasteiger partial charge in [-0.2, -0.15) is 0 Å². The summed E-state index contributed by atoms with van der Waals surface area (Å²) in [6.45, 7) is 1.85. The van der Waals surface area contributed by atoms with Gasteiger partial charge in [-0.3, -0.25) is 9.78 Å². The Hall–Kier alpha value is -2.07. The van der Waals surface area contributed by atoms with Crippen molar-refractivity contribution in [3.63, 3.8) is 0 Å². The van der Waals surface area contributed by atoms with Crippen molar-refractivity contribution >= 4 is 28.9 Å². The van der Waals surface area contributed by atoms with E-state index in [9.17, 15) is 4.79 Å². The Morgan fingerprint density at radius 1 is 1.39 bits per heavy atom. The summed E-state index contributed by atoms with van der Waals surface area (Å²) < 4.78 is 0. The Kier molecular flexibility index (Phi) is 3.48. The molecule has 5 heteroatoms. The van der Waals surface area contributed by atoms with E-state index in [4.69, 9.17) is 17.3 Å². The fourth-order valence-electron chi connectivity index (χ4n) is 1.50. The molecule has 2 rings (SSSR count). The van der Waals surface area contributed by atoms with Crippen molar-refractivity contribution in [3.8, 4) is 0 Å². The standard InChI is InChI=1S/C13H12ClN3O/c1-8-6-10(15)12(7-9(8)14)17-13(18)11-4-2-3-5-16-11/h2-7H,15H2,1H3,(H,17,18). The number of carbonyl (C=O) groups is 1. The zero-order valence-electron chi connectivity index (χ0n) is 9.77. The second kappa shape index (κ2) is 5.06. The van der Waals surface area contributed by atoms with E-state index in [1.807, 2.05) is 6.92 Å². The highest BCUT2D eigenvalue weighted by atomic mass is 35.5. The molecule has 1 amide bonds. The van der Waals surface area contributed by atoms with Gasteiger partial charge in [-0.1, -0.05) is 17.7 Å². The van der Waals surface area contributed by atoms with Crippen molar-refractivity contribution in [2.75, 3.05) is 11.1 Å². The molecule has 1 aromatic heterocycles. The van der Waals surface area contributed by atoms with Crippen LogP contribution in [-0.2, 0) is 0 Å². The lowest BCUT2D eigenvalue weighted by Gasteiger charge is -2.09. The molecule has 18 heavy (non-hydrogen) atoms. The molecule has 0 radical (unpaired) electrons. The van der Waals surface area contributed by atoms with Crippen molar-refractivity contribution in [1.82, 2.24) is 4.98 Å². The number of nitrogen functional groups attached to an aromatic ring is 1. The van der Waals surface area contributed by atoms with Crippen LogP contribution < -0.4 is 11.1 Å². The zero-order valence-corrected chi connectivity index (χ0v) is 10.5. The zero-order chi connectivity index (χ0) is 13.1. The monoisotopic (exact) mass is 261 g/mol. The number of rotatable bonds is 2. The average Bonchev–Trinajstić information content (AvgIpc) is 2.37. The number of hydrogen-bond donors (Lipinski definition) is 2. The van der Waals surface area contributed by atoms with Gasteiger partial charge in [0.05, 0.1) is 11.4 Å². The molecule has 0 aliphatic carbocycles.